The maximum absolute atomic E-state index is 12.6. The van der Waals surface area contributed by atoms with Gasteiger partial charge >= 0.3 is 5.97 Å². The third-order valence-electron chi connectivity index (χ3n) is 5.19. The Morgan fingerprint density at radius 1 is 1.31 bits per heavy atom. The van der Waals surface area contributed by atoms with Crippen LogP contribution in [0.3, 0.4) is 0 Å². The number of aliphatic carboxylic acids is 1. The summed E-state index contributed by atoms with van der Waals surface area (Å²) < 4.78 is 0. The molecule has 29 heavy (non-hydrogen) atoms. The van der Waals surface area contributed by atoms with Crippen LogP contribution in [0.15, 0.2) is 30.0 Å². The van der Waals surface area contributed by atoms with E-state index in [2.05, 4.69) is 28.8 Å². The van der Waals surface area contributed by atoms with Crippen molar-refractivity contribution in [2.45, 2.75) is 57.5 Å². The van der Waals surface area contributed by atoms with Gasteiger partial charge in [-0.05, 0) is 67.2 Å². The maximum atomic E-state index is 12.6. The molecule has 0 spiro atoms. The SMILES string of the molecule is CCC(NC(=O)/C(C#N)=C\NC(CCSC)C(=O)O)c1ccc2c(c1)CCCC2. The number of aryl methyl sites for hydroxylation is 2. The largest absolute Gasteiger partial charge is 0.480 e. The molecule has 1 aromatic carbocycles. The van der Waals surface area contributed by atoms with E-state index in [0.717, 1.165) is 18.4 Å². The smallest absolute Gasteiger partial charge is 0.326 e. The van der Waals surface area contributed by atoms with Crippen LogP contribution in [0.25, 0.3) is 0 Å². The van der Waals surface area contributed by atoms with Crippen molar-refractivity contribution >= 4 is 23.6 Å². The molecular weight excluding hydrogens is 386 g/mol. The highest BCUT2D eigenvalue weighted by molar-refractivity contribution is 7.98. The summed E-state index contributed by atoms with van der Waals surface area (Å²) in [5, 5.41) is 24.3. The molecule has 6 nitrogen and oxygen atoms in total. The first kappa shape index (κ1) is 22.8. The van der Waals surface area contributed by atoms with Crippen LogP contribution < -0.4 is 10.6 Å². The molecule has 0 saturated heterocycles. The van der Waals surface area contributed by atoms with Crippen LogP contribution in [-0.4, -0.2) is 35.0 Å². The Bertz CT molecular complexity index is 801. The number of thioether (sulfide) groups is 1. The molecule has 0 bridgehead atoms. The number of fused-ring (bicyclic) bond motifs is 1. The normalized spacial score (nSPS) is 15.6. The van der Waals surface area contributed by atoms with Crippen LogP contribution in [-0.2, 0) is 22.4 Å². The third-order valence-corrected chi connectivity index (χ3v) is 5.84. The van der Waals surface area contributed by atoms with Crippen molar-refractivity contribution in [3.05, 3.63) is 46.7 Å². The number of rotatable bonds is 10. The van der Waals surface area contributed by atoms with Gasteiger partial charge in [0.05, 0.1) is 6.04 Å². The van der Waals surface area contributed by atoms with Crippen molar-refractivity contribution in [1.29, 1.82) is 5.26 Å². The van der Waals surface area contributed by atoms with Crippen molar-refractivity contribution in [1.82, 2.24) is 10.6 Å². The molecule has 1 aliphatic rings. The first-order valence-corrected chi connectivity index (χ1v) is 11.4. The molecular formula is C22H29N3O3S. The molecule has 0 aliphatic heterocycles. The van der Waals surface area contributed by atoms with Crippen LogP contribution in [0, 0.1) is 11.3 Å². The van der Waals surface area contributed by atoms with Gasteiger partial charge < -0.3 is 15.7 Å². The number of amides is 1. The van der Waals surface area contributed by atoms with E-state index in [4.69, 9.17) is 0 Å². The summed E-state index contributed by atoms with van der Waals surface area (Å²) >= 11 is 1.54. The van der Waals surface area contributed by atoms with Gasteiger partial charge in [-0.15, -0.1) is 0 Å². The van der Waals surface area contributed by atoms with Crippen LogP contribution in [0.2, 0.25) is 0 Å². The van der Waals surface area contributed by atoms with E-state index in [9.17, 15) is 20.0 Å². The molecule has 0 saturated carbocycles. The number of hydrogen-bond acceptors (Lipinski definition) is 5. The monoisotopic (exact) mass is 415 g/mol. The molecule has 2 rings (SSSR count). The Labute approximate surface area is 176 Å². The quantitative estimate of drug-likeness (QED) is 0.400. The number of hydrogen-bond donors (Lipinski definition) is 3. The van der Waals surface area contributed by atoms with Gasteiger partial charge in [0.25, 0.3) is 5.91 Å². The summed E-state index contributed by atoms with van der Waals surface area (Å²) in [5.41, 5.74) is 3.64. The molecule has 0 aromatic heterocycles. The Morgan fingerprint density at radius 2 is 2.03 bits per heavy atom. The minimum absolute atomic E-state index is 0.128. The maximum Gasteiger partial charge on any atom is 0.326 e. The van der Waals surface area contributed by atoms with Gasteiger partial charge in [0.15, 0.2) is 0 Å². The number of nitriles is 1. The van der Waals surface area contributed by atoms with Crippen molar-refractivity contribution in [2.75, 3.05) is 12.0 Å². The van der Waals surface area contributed by atoms with E-state index < -0.39 is 17.9 Å². The zero-order chi connectivity index (χ0) is 21.2. The predicted molar refractivity (Wildman–Crippen MR) is 116 cm³/mol. The van der Waals surface area contributed by atoms with E-state index in [0.29, 0.717) is 18.6 Å². The Kier molecular flexibility index (Phi) is 9.07. The van der Waals surface area contributed by atoms with Crippen LogP contribution >= 0.6 is 11.8 Å². The standard InChI is InChI=1S/C22H29N3O3S/c1-3-19(17-9-8-15-6-4-5-7-16(15)12-17)25-21(26)18(13-23)14-24-20(22(27)28)10-11-29-2/h8-9,12,14,19-20,24H,3-7,10-11H2,1-2H3,(H,25,26)(H,27,28)/b18-14-. The number of carbonyl (C=O) groups is 2. The fourth-order valence-electron chi connectivity index (χ4n) is 3.47. The summed E-state index contributed by atoms with van der Waals surface area (Å²) in [5.74, 6) is -0.839. The van der Waals surface area contributed by atoms with Crippen LogP contribution in [0.4, 0.5) is 0 Å². The lowest BCUT2D eigenvalue weighted by atomic mass is 9.88. The minimum atomic E-state index is -1.01. The van der Waals surface area contributed by atoms with Crippen molar-refractivity contribution in [3.8, 4) is 6.07 Å². The van der Waals surface area contributed by atoms with Gasteiger partial charge in [-0.25, -0.2) is 4.79 Å². The zero-order valence-electron chi connectivity index (χ0n) is 17.0. The van der Waals surface area contributed by atoms with E-state index in [-0.39, 0.29) is 11.6 Å². The van der Waals surface area contributed by atoms with Crippen LogP contribution in [0.5, 0.6) is 0 Å². The van der Waals surface area contributed by atoms with Crippen LogP contribution in [0.1, 0.15) is 55.3 Å². The third kappa shape index (κ3) is 6.53. The van der Waals surface area contributed by atoms with Gasteiger partial charge in [-0.2, -0.15) is 17.0 Å². The average molecular weight is 416 g/mol. The summed E-state index contributed by atoms with van der Waals surface area (Å²) in [6.07, 6.45) is 8.79. The predicted octanol–water partition coefficient (Wildman–Crippen LogP) is 3.34. The lowest BCUT2D eigenvalue weighted by Crippen LogP contribution is -2.35. The van der Waals surface area contributed by atoms with E-state index in [1.807, 2.05) is 19.2 Å². The fraction of sp³-hybridized carbons (Fsp3) is 0.500. The second-order valence-electron chi connectivity index (χ2n) is 7.18. The first-order chi connectivity index (χ1) is 14.0. The summed E-state index contributed by atoms with van der Waals surface area (Å²) in [6.45, 7) is 1.99. The molecule has 2 atom stereocenters. The highest BCUT2D eigenvalue weighted by Crippen LogP contribution is 2.26. The fourth-order valence-corrected chi connectivity index (χ4v) is 3.94. The van der Waals surface area contributed by atoms with Gasteiger partial charge in [0.2, 0.25) is 0 Å². The van der Waals surface area contributed by atoms with Gasteiger partial charge in [-0.3, -0.25) is 4.79 Å². The number of carboxylic acids is 1. The van der Waals surface area contributed by atoms with E-state index in [1.165, 1.54) is 30.2 Å². The van der Waals surface area contributed by atoms with Crippen molar-refractivity contribution < 1.29 is 14.7 Å². The Hall–Kier alpha value is -2.46. The van der Waals surface area contributed by atoms with Gasteiger partial charge in [-0.1, -0.05) is 25.1 Å². The molecule has 0 heterocycles. The molecule has 1 aromatic rings. The summed E-state index contributed by atoms with van der Waals surface area (Å²) in [6, 6.07) is 7.20. The van der Waals surface area contributed by atoms with Crippen molar-refractivity contribution in [3.63, 3.8) is 0 Å². The Morgan fingerprint density at radius 3 is 2.66 bits per heavy atom. The second-order valence-corrected chi connectivity index (χ2v) is 8.16. The zero-order valence-corrected chi connectivity index (χ0v) is 17.8. The summed E-state index contributed by atoms with van der Waals surface area (Å²) in [4.78, 5) is 23.9. The molecule has 0 fully saturated rings. The highest BCUT2D eigenvalue weighted by Gasteiger charge is 2.20. The average Bonchev–Trinajstić information content (AvgIpc) is 2.73. The Balaban J connectivity index is 2.08. The van der Waals surface area contributed by atoms with Gasteiger partial charge in [0.1, 0.15) is 17.7 Å². The lowest BCUT2D eigenvalue weighted by Gasteiger charge is -2.21. The number of carboxylic acid groups (broad SMARTS) is 1. The second kappa shape index (κ2) is 11.5. The molecule has 0 radical (unpaired) electrons. The summed E-state index contributed by atoms with van der Waals surface area (Å²) in [7, 11) is 0. The number of benzene rings is 1. The van der Waals surface area contributed by atoms with E-state index in [1.54, 1.807) is 11.8 Å². The molecule has 3 N–H and O–H groups in total. The topological polar surface area (TPSA) is 102 Å². The number of nitrogens with zero attached hydrogens (tertiary/aromatic N) is 1. The molecule has 2 unspecified atom stereocenters. The lowest BCUT2D eigenvalue weighted by molar-refractivity contribution is -0.139. The highest BCUT2D eigenvalue weighted by atomic mass is 32.2. The number of nitrogens with one attached hydrogen (secondary N) is 2. The first-order valence-electron chi connectivity index (χ1n) is 10.0. The minimum Gasteiger partial charge on any atom is -0.480 e. The van der Waals surface area contributed by atoms with Gasteiger partial charge in [0, 0.05) is 6.20 Å². The van der Waals surface area contributed by atoms with Crippen molar-refractivity contribution in [2.24, 2.45) is 0 Å². The molecule has 156 valence electrons. The number of carbonyl (C=O) groups excluding carboxylic acids is 1. The van der Waals surface area contributed by atoms with E-state index >= 15 is 0 Å². The molecule has 1 aliphatic carbocycles. The molecule has 7 heteroatoms. The molecule has 1 amide bonds.